The SMILES string of the molecule is CC(COc1cccc(Br)c1)CN1CCNCC1. The number of nitrogens with zero attached hydrogens (tertiary/aromatic N) is 1. The number of halogens is 1. The molecule has 1 aliphatic rings. The van der Waals surface area contributed by atoms with Gasteiger partial charge in [0.05, 0.1) is 6.61 Å². The molecule has 1 atom stereocenters. The fraction of sp³-hybridized carbons (Fsp3) is 0.571. The van der Waals surface area contributed by atoms with Gasteiger partial charge in [0.2, 0.25) is 0 Å². The molecule has 1 heterocycles. The van der Waals surface area contributed by atoms with Gasteiger partial charge in [-0.1, -0.05) is 28.9 Å². The Bertz CT molecular complexity index is 367. The zero-order valence-corrected chi connectivity index (χ0v) is 12.4. The van der Waals surface area contributed by atoms with Crippen LogP contribution in [0.15, 0.2) is 28.7 Å². The molecule has 1 saturated heterocycles. The molecule has 0 bridgehead atoms. The molecule has 1 unspecified atom stereocenters. The van der Waals surface area contributed by atoms with Crippen molar-refractivity contribution >= 4 is 15.9 Å². The predicted octanol–water partition coefficient (Wildman–Crippen LogP) is 2.37. The van der Waals surface area contributed by atoms with Gasteiger partial charge >= 0.3 is 0 Å². The smallest absolute Gasteiger partial charge is 0.120 e. The summed E-state index contributed by atoms with van der Waals surface area (Å²) in [5, 5.41) is 3.37. The van der Waals surface area contributed by atoms with Crippen molar-refractivity contribution in [1.82, 2.24) is 10.2 Å². The highest BCUT2D eigenvalue weighted by Crippen LogP contribution is 2.18. The molecule has 0 spiro atoms. The van der Waals surface area contributed by atoms with Crippen LogP contribution in [0, 0.1) is 5.92 Å². The lowest BCUT2D eigenvalue weighted by Crippen LogP contribution is -2.45. The molecule has 1 aliphatic heterocycles. The van der Waals surface area contributed by atoms with Gasteiger partial charge in [-0.15, -0.1) is 0 Å². The van der Waals surface area contributed by atoms with E-state index in [1.54, 1.807) is 0 Å². The summed E-state index contributed by atoms with van der Waals surface area (Å²) in [4.78, 5) is 2.51. The largest absolute Gasteiger partial charge is 0.493 e. The highest BCUT2D eigenvalue weighted by molar-refractivity contribution is 9.10. The van der Waals surface area contributed by atoms with Crippen LogP contribution in [0.5, 0.6) is 5.75 Å². The summed E-state index contributed by atoms with van der Waals surface area (Å²) in [5.74, 6) is 1.50. The second-order valence-corrected chi connectivity index (χ2v) is 5.84. The van der Waals surface area contributed by atoms with Crippen LogP contribution in [0.3, 0.4) is 0 Å². The first-order chi connectivity index (χ1) is 8.74. The quantitative estimate of drug-likeness (QED) is 0.903. The molecule has 0 aliphatic carbocycles. The van der Waals surface area contributed by atoms with Gasteiger partial charge in [0.25, 0.3) is 0 Å². The van der Waals surface area contributed by atoms with Crippen molar-refractivity contribution in [2.45, 2.75) is 6.92 Å². The Balaban J connectivity index is 1.72. The van der Waals surface area contributed by atoms with Crippen molar-refractivity contribution < 1.29 is 4.74 Å². The average molecular weight is 313 g/mol. The van der Waals surface area contributed by atoms with E-state index in [0.29, 0.717) is 5.92 Å². The van der Waals surface area contributed by atoms with Gasteiger partial charge in [0, 0.05) is 43.1 Å². The van der Waals surface area contributed by atoms with Crippen LogP contribution in [0.4, 0.5) is 0 Å². The zero-order chi connectivity index (χ0) is 12.8. The molecule has 1 N–H and O–H groups in total. The number of rotatable bonds is 5. The minimum Gasteiger partial charge on any atom is -0.493 e. The van der Waals surface area contributed by atoms with Crippen molar-refractivity contribution in [3.63, 3.8) is 0 Å². The second-order valence-electron chi connectivity index (χ2n) is 4.92. The topological polar surface area (TPSA) is 24.5 Å². The summed E-state index contributed by atoms with van der Waals surface area (Å²) in [6.45, 7) is 8.68. The Morgan fingerprint density at radius 3 is 2.89 bits per heavy atom. The highest BCUT2D eigenvalue weighted by atomic mass is 79.9. The van der Waals surface area contributed by atoms with Crippen LogP contribution in [0.25, 0.3) is 0 Å². The van der Waals surface area contributed by atoms with Crippen molar-refractivity contribution in [2.75, 3.05) is 39.3 Å². The Hall–Kier alpha value is -0.580. The monoisotopic (exact) mass is 312 g/mol. The standard InChI is InChI=1S/C14H21BrN2O/c1-12(10-17-7-5-16-6-8-17)11-18-14-4-2-3-13(15)9-14/h2-4,9,12,16H,5-8,10-11H2,1H3. The fourth-order valence-electron chi connectivity index (χ4n) is 2.18. The number of piperazine rings is 1. The molecule has 18 heavy (non-hydrogen) atoms. The molecule has 1 fully saturated rings. The van der Waals surface area contributed by atoms with Gasteiger partial charge in [0.1, 0.15) is 5.75 Å². The van der Waals surface area contributed by atoms with Gasteiger partial charge in [0.15, 0.2) is 0 Å². The molecule has 0 amide bonds. The first kappa shape index (κ1) is 13.8. The second kappa shape index (κ2) is 7.12. The van der Waals surface area contributed by atoms with Crippen LogP contribution < -0.4 is 10.1 Å². The summed E-state index contributed by atoms with van der Waals surface area (Å²) in [7, 11) is 0. The van der Waals surface area contributed by atoms with Crippen molar-refractivity contribution in [3.05, 3.63) is 28.7 Å². The number of benzene rings is 1. The minimum absolute atomic E-state index is 0.557. The van der Waals surface area contributed by atoms with Crippen LogP contribution in [-0.4, -0.2) is 44.2 Å². The van der Waals surface area contributed by atoms with Gasteiger partial charge in [-0.2, -0.15) is 0 Å². The summed E-state index contributed by atoms with van der Waals surface area (Å²) in [6, 6.07) is 8.03. The zero-order valence-electron chi connectivity index (χ0n) is 10.9. The van der Waals surface area contributed by atoms with Crippen LogP contribution in [0.2, 0.25) is 0 Å². The molecular formula is C14H21BrN2O. The molecule has 0 saturated carbocycles. The van der Waals surface area contributed by atoms with E-state index in [2.05, 4.69) is 33.1 Å². The summed E-state index contributed by atoms with van der Waals surface area (Å²) in [6.07, 6.45) is 0. The predicted molar refractivity (Wildman–Crippen MR) is 78.1 cm³/mol. The Labute approximate surface area is 118 Å². The van der Waals surface area contributed by atoms with E-state index in [0.717, 1.165) is 49.6 Å². The maximum absolute atomic E-state index is 5.82. The number of nitrogens with one attached hydrogen (secondary N) is 1. The third-order valence-electron chi connectivity index (χ3n) is 3.11. The number of hydrogen-bond acceptors (Lipinski definition) is 3. The Morgan fingerprint density at radius 1 is 1.39 bits per heavy atom. The third-order valence-corrected chi connectivity index (χ3v) is 3.60. The van der Waals surface area contributed by atoms with Crippen LogP contribution in [-0.2, 0) is 0 Å². The van der Waals surface area contributed by atoms with Crippen molar-refractivity contribution in [1.29, 1.82) is 0 Å². The molecule has 1 aromatic rings. The molecule has 4 heteroatoms. The maximum atomic E-state index is 5.82. The molecule has 0 aromatic heterocycles. The van der Waals surface area contributed by atoms with E-state index in [1.807, 2.05) is 24.3 Å². The van der Waals surface area contributed by atoms with Crippen molar-refractivity contribution in [3.8, 4) is 5.75 Å². The number of ether oxygens (including phenoxy) is 1. The highest BCUT2D eigenvalue weighted by Gasteiger charge is 2.13. The molecule has 100 valence electrons. The first-order valence-electron chi connectivity index (χ1n) is 6.55. The molecule has 0 radical (unpaired) electrons. The van der Waals surface area contributed by atoms with E-state index < -0.39 is 0 Å². The third kappa shape index (κ3) is 4.59. The van der Waals surface area contributed by atoms with Gasteiger partial charge < -0.3 is 15.0 Å². The van der Waals surface area contributed by atoms with Crippen LogP contribution in [0.1, 0.15) is 6.92 Å². The lowest BCUT2D eigenvalue weighted by molar-refractivity contribution is 0.171. The van der Waals surface area contributed by atoms with E-state index in [-0.39, 0.29) is 0 Å². The van der Waals surface area contributed by atoms with E-state index in [9.17, 15) is 0 Å². The van der Waals surface area contributed by atoms with E-state index in [1.165, 1.54) is 0 Å². The van der Waals surface area contributed by atoms with Gasteiger partial charge in [-0.3, -0.25) is 0 Å². The summed E-state index contributed by atoms with van der Waals surface area (Å²) >= 11 is 3.45. The Kier molecular flexibility index (Phi) is 5.47. The van der Waals surface area contributed by atoms with Gasteiger partial charge in [-0.05, 0) is 18.2 Å². The maximum Gasteiger partial charge on any atom is 0.120 e. The van der Waals surface area contributed by atoms with Gasteiger partial charge in [-0.25, -0.2) is 0 Å². The number of hydrogen-bond donors (Lipinski definition) is 1. The summed E-state index contributed by atoms with van der Waals surface area (Å²) in [5.41, 5.74) is 0. The molecule has 2 rings (SSSR count). The lowest BCUT2D eigenvalue weighted by Gasteiger charge is -2.29. The Morgan fingerprint density at radius 2 is 2.17 bits per heavy atom. The minimum atomic E-state index is 0.557. The lowest BCUT2D eigenvalue weighted by atomic mass is 10.1. The van der Waals surface area contributed by atoms with Crippen molar-refractivity contribution in [2.24, 2.45) is 5.92 Å². The van der Waals surface area contributed by atoms with Crippen LogP contribution >= 0.6 is 15.9 Å². The van der Waals surface area contributed by atoms with E-state index in [4.69, 9.17) is 4.74 Å². The van der Waals surface area contributed by atoms with E-state index >= 15 is 0 Å². The molecular weight excluding hydrogens is 292 g/mol. The average Bonchev–Trinajstić information content (AvgIpc) is 2.38. The first-order valence-corrected chi connectivity index (χ1v) is 7.35. The normalized spacial score (nSPS) is 18.6. The molecule has 1 aromatic carbocycles. The fourth-order valence-corrected chi connectivity index (χ4v) is 2.56. The molecule has 3 nitrogen and oxygen atoms in total. The summed E-state index contributed by atoms with van der Waals surface area (Å²) < 4.78 is 6.88.